The second-order valence-corrected chi connectivity index (χ2v) is 14.0. The van der Waals surface area contributed by atoms with E-state index in [1.165, 1.54) is 16.7 Å². The number of aromatic amines is 1. The Balaban J connectivity index is 1.76. The number of rotatable bonds is 8. The molecule has 0 spiro atoms. The van der Waals surface area contributed by atoms with Crippen molar-refractivity contribution in [3.63, 3.8) is 0 Å². The van der Waals surface area contributed by atoms with Crippen LogP contribution in [-0.2, 0) is 16.0 Å². The summed E-state index contributed by atoms with van der Waals surface area (Å²) in [5, 5.41) is 32.1. The Morgan fingerprint density at radius 3 is 2.02 bits per heavy atom. The van der Waals surface area contributed by atoms with E-state index < -0.39 is 11.9 Å². The normalized spacial score (nSPS) is 29.7. The van der Waals surface area contributed by atoms with Crippen molar-refractivity contribution >= 4 is 49.3 Å². The van der Waals surface area contributed by atoms with Crippen LogP contribution >= 0.6 is 25.3 Å². The second kappa shape index (κ2) is 12.6. The first kappa shape index (κ1) is 32.2. The zero-order valence-corrected chi connectivity index (χ0v) is 28.0. The molecule has 236 valence electrons. The molecule has 1 aromatic heterocycles. The first-order valence-corrected chi connectivity index (χ1v) is 16.4. The van der Waals surface area contributed by atoms with E-state index >= 15 is 0 Å². The maximum absolute atomic E-state index is 11.6. The van der Waals surface area contributed by atoms with Crippen molar-refractivity contribution in [3.05, 3.63) is 78.9 Å². The molecule has 6 N–H and O–H groups in total. The zero-order valence-electron chi connectivity index (χ0n) is 26.2. The lowest BCUT2D eigenvalue weighted by atomic mass is 9.90. The fourth-order valence-electron chi connectivity index (χ4n) is 7.27. The maximum Gasteiger partial charge on any atom is 0.303 e. The van der Waals surface area contributed by atoms with Gasteiger partial charge in [-0.05, 0) is 118 Å². The van der Waals surface area contributed by atoms with Crippen molar-refractivity contribution in [2.75, 3.05) is 0 Å². The van der Waals surface area contributed by atoms with Gasteiger partial charge in [-0.15, -0.1) is 0 Å². The number of carboxylic acids is 2. The van der Waals surface area contributed by atoms with Gasteiger partial charge in [0.05, 0.1) is 18.1 Å². The Morgan fingerprint density at radius 2 is 1.41 bits per heavy atom. The lowest BCUT2D eigenvalue weighted by Gasteiger charge is -2.18. The number of carbonyl (C=O) groups is 2. The van der Waals surface area contributed by atoms with E-state index in [1.54, 1.807) is 0 Å². The number of allylic oxidation sites excluding steroid dienone is 3. The molecule has 44 heavy (non-hydrogen) atoms. The number of hydrogen-bond acceptors (Lipinski definition) is 7. The van der Waals surface area contributed by atoms with Gasteiger partial charge in [0.1, 0.15) is 0 Å². The fourth-order valence-corrected chi connectivity index (χ4v) is 7.98. The van der Waals surface area contributed by atoms with Gasteiger partial charge < -0.3 is 31.1 Å². The predicted octanol–water partition coefficient (Wildman–Crippen LogP) is 3.62. The topological polar surface area (TPSA) is 126 Å². The van der Waals surface area contributed by atoms with Crippen molar-refractivity contribution in [3.8, 4) is 0 Å². The Kier molecular flexibility index (Phi) is 9.23. The molecule has 10 heteroatoms. The third-order valence-electron chi connectivity index (χ3n) is 9.61. The number of hydrogen-bond donors (Lipinski definition) is 8. The summed E-state index contributed by atoms with van der Waals surface area (Å²) in [5.41, 5.74) is 10.9. The van der Waals surface area contributed by atoms with Crippen LogP contribution in [0.1, 0.15) is 65.0 Å². The number of aliphatic carboxylic acids is 2. The van der Waals surface area contributed by atoms with Crippen LogP contribution in [0.2, 0.25) is 0 Å². The molecular weight excluding hydrogens is 593 g/mol. The number of carboxylic acid groups (broad SMARTS) is 2. The quantitative estimate of drug-likeness (QED) is 0.205. The van der Waals surface area contributed by atoms with Gasteiger partial charge in [-0.1, -0.05) is 0 Å². The Labute approximate surface area is 270 Å². The van der Waals surface area contributed by atoms with E-state index in [1.807, 2.05) is 6.92 Å². The lowest BCUT2D eigenvalue weighted by molar-refractivity contribution is -0.138. The van der Waals surface area contributed by atoms with Gasteiger partial charge in [-0.3, -0.25) is 9.59 Å². The van der Waals surface area contributed by atoms with E-state index in [0.717, 1.165) is 50.1 Å². The molecule has 0 amide bonds. The summed E-state index contributed by atoms with van der Waals surface area (Å²) in [6.07, 6.45) is 9.66. The standard InChI is InChI=1S/C34H44N4O4S2/c1-15-21(7-9-31(39)40)27-14-28-22(8-10-32(41)42)16(2)24(36-28)12-29-34(20(6)44)18(4)26(38-29)13-30-33(19(5)43)17(3)25(37-30)11-23(15)35-27/h11-14,19-21,27,29-30,35-38,43-44H,7-10H2,1-6H3,(H,39,40)(H,41,42)/b24-12-,25-11-,26-13+,28-14-/t19-,20-,21-,27+,29+,30-/m0/s1. The molecule has 4 aliphatic heterocycles. The van der Waals surface area contributed by atoms with Crippen LogP contribution in [0.5, 0.6) is 0 Å². The Hall–Kier alpha value is -3.24. The monoisotopic (exact) mass is 636 g/mol. The van der Waals surface area contributed by atoms with Gasteiger partial charge in [0.15, 0.2) is 0 Å². The molecule has 0 saturated carbocycles. The minimum absolute atomic E-state index is 0.0156. The molecule has 8 bridgehead atoms. The molecule has 5 heterocycles. The van der Waals surface area contributed by atoms with Gasteiger partial charge in [0.25, 0.3) is 0 Å². The van der Waals surface area contributed by atoms with E-state index in [9.17, 15) is 19.8 Å². The lowest BCUT2D eigenvalue weighted by Crippen LogP contribution is -2.31. The molecule has 0 fully saturated rings. The van der Waals surface area contributed by atoms with Crippen molar-refractivity contribution in [2.45, 2.75) is 95.9 Å². The molecule has 0 saturated heterocycles. The number of aromatic nitrogens is 1. The van der Waals surface area contributed by atoms with Crippen molar-refractivity contribution < 1.29 is 19.8 Å². The molecular formula is C34H44N4O4S2. The minimum atomic E-state index is -0.844. The third-order valence-corrected chi connectivity index (χ3v) is 10.2. The summed E-state index contributed by atoms with van der Waals surface area (Å²) in [6, 6.07) is -0.316. The number of thiol groups is 2. The van der Waals surface area contributed by atoms with E-state index in [0.29, 0.717) is 12.8 Å². The van der Waals surface area contributed by atoms with Crippen LogP contribution < -0.4 is 26.6 Å². The highest BCUT2D eigenvalue weighted by atomic mass is 32.1. The molecule has 0 radical (unpaired) electrons. The molecule has 5 rings (SSSR count). The average molecular weight is 637 g/mol. The highest BCUT2D eigenvalue weighted by Crippen LogP contribution is 2.37. The van der Waals surface area contributed by atoms with Gasteiger partial charge in [-0.2, -0.15) is 25.3 Å². The molecule has 6 atom stereocenters. The molecule has 0 aromatic carbocycles. The predicted molar refractivity (Wildman–Crippen MR) is 182 cm³/mol. The van der Waals surface area contributed by atoms with Crippen LogP contribution in [0.3, 0.4) is 0 Å². The van der Waals surface area contributed by atoms with Crippen LogP contribution in [-0.4, -0.2) is 55.8 Å². The molecule has 0 aliphatic carbocycles. The summed E-state index contributed by atoms with van der Waals surface area (Å²) in [5.74, 6) is -1.71. The molecule has 0 unspecified atom stereocenters. The molecule has 8 nitrogen and oxygen atoms in total. The van der Waals surface area contributed by atoms with Crippen LogP contribution in [0.25, 0.3) is 12.2 Å². The number of nitrogens with one attached hydrogen (secondary N) is 4. The SMILES string of the molecule is CC1=C([C@H](C)S)[C@@H]2/C=C3/N[C@H](/C=c4\[nH]/c(c(CCC(=O)O)c4C)=C\[C@H]4NC(=C(C)[C@@H]4CCC(=O)O)/C=C/1N2)C([C@H](C)S)=C3C. The summed E-state index contributed by atoms with van der Waals surface area (Å²) >= 11 is 9.73. The van der Waals surface area contributed by atoms with Crippen LogP contribution in [0.4, 0.5) is 0 Å². The highest BCUT2D eigenvalue weighted by molar-refractivity contribution is 7.81. The zero-order chi connectivity index (χ0) is 32.0. The minimum Gasteiger partial charge on any atom is -0.481 e. The van der Waals surface area contributed by atoms with Gasteiger partial charge >= 0.3 is 11.9 Å². The van der Waals surface area contributed by atoms with E-state index in [-0.39, 0.29) is 47.4 Å². The van der Waals surface area contributed by atoms with Gasteiger partial charge in [0, 0.05) is 57.0 Å². The molecule has 4 aliphatic rings. The Morgan fingerprint density at radius 1 is 0.818 bits per heavy atom. The smallest absolute Gasteiger partial charge is 0.303 e. The summed E-state index contributed by atoms with van der Waals surface area (Å²) in [7, 11) is 0. The first-order valence-electron chi connectivity index (χ1n) is 15.3. The first-order chi connectivity index (χ1) is 20.8. The van der Waals surface area contributed by atoms with Gasteiger partial charge in [-0.25, -0.2) is 0 Å². The van der Waals surface area contributed by atoms with Crippen molar-refractivity contribution in [1.82, 2.24) is 20.9 Å². The number of H-pyrrole nitrogens is 1. The summed E-state index contributed by atoms with van der Waals surface area (Å²) < 4.78 is 0. The highest BCUT2D eigenvalue weighted by Gasteiger charge is 2.35. The summed E-state index contributed by atoms with van der Waals surface area (Å²) in [6.45, 7) is 12.6. The van der Waals surface area contributed by atoms with Crippen LogP contribution in [0.15, 0.2) is 57.1 Å². The number of fused-ring (bicyclic) bond motifs is 8. The van der Waals surface area contributed by atoms with Gasteiger partial charge in [0.2, 0.25) is 0 Å². The molecule has 1 aromatic rings. The maximum atomic E-state index is 11.6. The van der Waals surface area contributed by atoms with Crippen molar-refractivity contribution in [1.29, 1.82) is 0 Å². The fraction of sp³-hybridized carbons (Fsp3) is 0.471. The second-order valence-electron chi connectivity index (χ2n) is 12.5. The third kappa shape index (κ3) is 6.15. The van der Waals surface area contributed by atoms with Crippen molar-refractivity contribution in [2.24, 2.45) is 5.92 Å². The largest absolute Gasteiger partial charge is 0.481 e. The average Bonchev–Trinajstić information content (AvgIpc) is 3.59. The van der Waals surface area contributed by atoms with E-state index in [2.05, 4.69) is 79.9 Å². The summed E-state index contributed by atoms with van der Waals surface area (Å²) in [4.78, 5) is 26.9. The van der Waals surface area contributed by atoms with Crippen LogP contribution in [0, 0.1) is 12.8 Å². The Bertz CT molecular complexity index is 1670. The van der Waals surface area contributed by atoms with E-state index in [4.69, 9.17) is 25.3 Å².